The van der Waals surface area contributed by atoms with Gasteiger partial charge in [0.15, 0.2) is 0 Å². The average Bonchev–Trinajstić information content (AvgIpc) is 3.38. The van der Waals surface area contributed by atoms with E-state index in [0.717, 1.165) is 18.4 Å². The number of hydrogen-bond acceptors (Lipinski definition) is 6. The Labute approximate surface area is 211 Å². The zero-order chi connectivity index (χ0) is 25.9. The number of ether oxygens (including phenoxy) is 1. The second-order valence-electron chi connectivity index (χ2n) is 8.47. The second kappa shape index (κ2) is 10.2. The number of likely N-dealkylation sites (tertiary alicyclic amines) is 1. The molecule has 1 aliphatic rings. The van der Waals surface area contributed by atoms with Crippen molar-refractivity contribution in [3.63, 3.8) is 0 Å². The first kappa shape index (κ1) is 25.5. The van der Waals surface area contributed by atoms with E-state index >= 15 is 0 Å². The number of aryl methyl sites for hydroxylation is 1. The van der Waals surface area contributed by atoms with Crippen molar-refractivity contribution in [3.05, 3.63) is 77.9 Å². The Hall–Kier alpha value is -3.57. The van der Waals surface area contributed by atoms with E-state index in [-0.39, 0.29) is 26.9 Å². The average molecular weight is 530 g/mol. The number of rotatable bonds is 8. The van der Waals surface area contributed by atoms with Crippen LogP contribution in [0.3, 0.4) is 0 Å². The van der Waals surface area contributed by atoms with Crippen LogP contribution in [0, 0.1) is 6.92 Å². The van der Waals surface area contributed by atoms with Gasteiger partial charge in [0.05, 0.1) is 22.5 Å². The van der Waals surface area contributed by atoms with E-state index in [0.29, 0.717) is 24.5 Å². The Kier molecular flexibility index (Phi) is 7.23. The third-order valence-electron chi connectivity index (χ3n) is 5.79. The minimum Gasteiger partial charge on any atom is -0.496 e. The maximum absolute atomic E-state index is 13.0. The van der Waals surface area contributed by atoms with Crippen LogP contribution in [0.2, 0.25) is 0 Å². The van der Waals surface area contributed by atoms with Crippen LogP contribution in [0.4, 0.5) is 11.4 Å². The molecule has 0 spiro atoms. The largest absolute Gasteiger partial charge is 0.496 e. The summed E-state index contributed by atoms with van der Waals surface area (Å²) in [5, 5.41) is 0. The van der Waals surface area contributed by atoms with Gasteiger partial charge in [-0.1, -0.05) is 12.1 Å². The summed E-state index contributed by atoms with van der Waals surface area (Å²) in [7, 11) is -6.50. The zero-order valence-corrected chi connectivity index (χ0v) is 21.5. The molecule has 36 heavy (non-hydrogen) atoms. The van der Waals surface area contributed by atoms with Gasteiger partial charge in [0.25, 0.3) is 26.0 Å². The van der Waals surface area contributed by atoms with Crippen molar-refractivity contribution in [1.29, 1.82) is 0 Å². The maximum Gasteiger partial charge on any atom is 0.261 e. The van der Waals surface area contributed by atoms with Crippen molar-refractivity contribution in [3.8, 4) is 5.75 Å². The molecule has 0 radical (unpaired) electrons. The van der Waals surface area contributed by atoms with E-state index in [1.807, 2.05) is 13.0 Å². The van der Waals surface area contributed by atoms with Gasteiger partial charge in [-0.05, 0) is 79.9 Å². The van der Waals surface area contributed by atoms with Crippen LogP contribution in [-0.4, -0.2) is 47.8 Å². The molecule has 0 saturated carbocycles. The van der Waals surface area contributed by atoms with Crippen LogP contribution in [0.1, 0.15) is 28.8 Å². The minimum atomic E-state index is -4.06. The number of carbonyl (C=O) groups excluding carboxylic acids is 1. The molecule has 0 aromatic heterocycles. The molecule has 4 rings (SSSR count). The standard InChI is InChI=1S/C25H27N3O6S2/c1-18-6-5-7-20(16-18)27-35(30,31)21-10-8-19(9-11-21)26-36(32,33)22-12-13-24(34-2)23(17-22)25(29)28-14-3-4-15-28/h5-13,16-17,26-27H,3-4,14-15H2,1-2H3. The fourth-order valence-corrected chi connectivity index (χ4v) is 6.08. The topological polar surface area (TPSA) is 122 Å². The van der Waals surface area contributed by atoms with Crippen molar-refractivity contribution < 1.29 is 26.4 Å². The molecule has 1 saturated heterocycles. The number of amides is 1. The van der Waals surface area contributed by atoms with Gasteiger partial charge in [-0.15, -0.1) is 0 Å². The van der Waals surface area contributed by atoms with Crippen LogP contribution >= 0.6 is 0 Å². The molecule has 0 unspecified atom stereocenters. The van der Waals surface area contributed by atoms with Gasteiger partial charge in [0.1, 0.15) is 5.75 Å². The molecule has 2 N–H and O–H groups in total. The predicted octanol–water partition coefficient (Wildman–Crippen LogP) is 3.84. The van der Waals surface area contributed by atoms with Crippen molar-refractivity contribution in [2.24, 2.45) is 0 Å². The SMILES string of the molecule is COc1ccc(S(=O)(=O)Nc2ccc(S(=O)(=O)Nc3cccc(C)c3)cc2)cc1C(=O)N1CCCC1. The molecule has 9 nitrogen and oxygen atoms in total. The molecule has 1 aliphatic heterocycles. The molecule has 3 aromatic carbocycles. The van der Waals surface area contributed by atoms with E-state index in [2.05, 4.69) is 9.44 Å². The molecular formula is C25H27N3O6S2. The fourth-order valence-electron chi connectivity index (χ4n) is 3.95. The normalized spacial score (nSPS) is 13.9. The summed E-state index contributed by atoms with van der Waals surface area (Å²) in [5.41, 5.74) is 1.68. The van der Waals surface area contributed by atoms with E-state index in [4.69, 9.17) is 4.74 Å². The van der Waals surface area contributed by atoms with Crippen LogP contribution in [0.25, 0.3) is 0 Å². The Morgan fingerprint density at radius 1 is 0.806 bits per heavy atom. The number of nitrogens with zero attached hydrogens (tertiary/aromatic N) is 1. The van der Waals surface area contributed by atoms with Gasteiger partial charge in [-0.25, -0.2) is 16.8 Å². The quantitative estimate of drug-likeness (QED) is 0.457. The van der Waals surface area contributed by atoms with E-state index < -0.39 is 20.0 Å². The Morgan fingerprint density at radius 2 is 1.42 bits per heavy atom. The molecule has 190 valence electrons. The van der Waals surface area contributed by atoms with E-state index in [1.54, 1.807) is 23.1 Å². The summed E-state index contributed by atoms with van der Waals surface area (Å²) in [6.07, 6.45) is 1.81. The predicted molar refractivity (Wildman–Crippen MR) is 137 cm³/mol. The van der Waals surface area contributed by atoms with Gasteiger partial charge in [-0.2, -0.15) is 0 Å². The molecule has 0 atom stereocenters. The molecule has 0 aliphatic carbocycles. The van der Waals surface area contributed by atoms with Crippen LogP contribution in [0.15, 0.2) is 76.5 Å². The van der Waals surface area contributed by atoms with Crippen molar-refractivity contribution >= 4 is 37.3 Å². The summed E-state index contributed by atoms with van der Waals surface area (Å²) < 4.78 is 61.7. The summed E-state index contributed by atoms with van der Waals surface area (Å²) in [5.74, 6) is 0.0126. The molecule has 11 heteroatoms. The number of methoxy groups -OCH3 is 1. The first-order valence-corrected chi connectivity index (χ1v) is 14.3. The lowest BCUT2D eigenvalue weighted by atomic mass is 10.1. The number of sulfonamides is 2. The highest BCUT2D eigenvalue weighted by atomic mass is 32.2. The summed E-state index contributed by atoms with van der Waals surface area (Å²) in [6.45, 7) is 3.09. The molecule has 1 amide bonds. The molecule has 0 bridgehead atoms. The molecule has 1 fully saturated rings. The molecular weight excluding hydrogens is 502 g/mol. The van der Waals surface area contributed by atoms with Gasteiger partial charge < -0.3 is 9.64 Å². The zero-order valence-electron chi connectivity index (χ0n) is 19.9. The summed E-state index contributed by atoms with van der Waals surface area (Å²) in [6, 6.07) is 16.4. The van der Waals surface area contributed by atoms with Crippen LogP contribution in [-0.2, 0) is 20.0 Å². The molecule has 3 aromatic rings. The number of nitrogens with one attached hydrogen (secondary N) is 2. The maximum atomic E-state index is 13.0. The second-order valence-corrected chi connectivity index (χ2v) is 11.8. The van der Waals surface area contributed by atoms with Gasteiger partial charge >= 0.3 is 0 Å². The van der Waals surface area contributed by atoms with E-state index in [1.165, 1.54) is 49.6 Å². The van der Waals surface area contributed by atoms with Crippen molar-refractivity contribution in [2.75, 3.05) is 29.6 Å². The number of carbonyl (C=O) groups is 1. The lowest BCUT2D eigenvalue weighted by Crippen LogP contribution is -2.28. The van der Waals surface area contributed by atoms with Crippen LogP contribution in [0.5, 0.6) is 5.75 Å². The first-order valence-electron chi connectivity index (χ1n) is 11.3. The Morgan fingerprint density at radius 3 is 2.06 bits per heavy atom. The fraction of sp³-hybridized carbons (Fsp3) is 0.240. The minimum absolute atomic E-state index is 0.0186. The number of hydrogen-bond donors (Lipinski definition) is 2. The number of anilines is 2. The molecule has 1 heterocycles. The van der Waals surface area contributed by atoms with E-state index in [9.17, 15) is 21.6 Å². The van der Waals surface area contributed by atoms with Gasteiger partial charge in [0, 0.05) is 24.5 Å². The monoisotopic (exact) mass is 529 g/mol. The van der Waals surface area contributed by atoms with Gasteiger partial charge in [-0.3, -0.25) is 14.2 Å². The van der Waals surface area contributed by atoms with Crippen LogP contribution < -0.4 is 14.2 Å². The lowest BCUT2D eigenvalue weighted by molar-refractivity contribution is 0.0789. The number of benzene rings is 3. The summed E-state index contributed by atoms with van der Waals surface area (Å²) in [4.78, 5) is 14.5. The highest BCUT2D eigenvalue weighted by Gasteiger charge is 2.25. The highest BCUT2D eigenvalue weighted by Crippen LogP contribution is 2.27. The third-order valence-corrected chi connectivity index (χ3v) is 8.57. The van der Waals surface area contributed by atoms with Crippen molar-refractivity contribution in [2.45, 2.75) is 29.6 Å². The smallest absolute Gasteiger partial charge is 0.261 e. The highest BCUT2D eigenvalue weighted by molar-refractivity contribution is 7.93. The van der Waals surface area contributed by atoms with Crippen molar-refractivity contribution in [1.82, 2.24) is 4.90 Å². The Balaban J connectivity index is 1.54. The Bertz CT molecular complexity index is 1480. The summed E-state index contributed by atoms with van der Waals surface area (Å²) >= 11 is 0. The van der Waals surface area contributed by atoms with Gasteiger partial charge in [0.2, 0.25) is 0 Å². The third kappa shape index (κ3) is 5.63. The first-order chi connectivity index (χ1) is 17.1. The lowest BCUT2D eigenvalue weighted by Gasteiger charge is -2.18.